The van der Waals surface area contributed by atoms with E-state index in [-0.39, 0.29) is 43.4 Å². The van der Waals surface area contributed by atoms with Crippen LogP contribution in [0.15, 0.2) is 38.9 Å². The molecule has 0 unspecified atom stereocenters. The highest BCUT2D eigenvalue weighted by Gasteiger charge is 2.24. The molecule has 1 amide bonds. The number of carbonyl (C=O) groups excluding carboxylic acids is 3. The predicted molar refractivity (Wildman–Crippen MR) is 135 cm³/mol. The summed E-state index contributed by atoms with van der Waals surface area (Å²) in [5, 5.41) is 2.63. The number of nitrogens with zero attached hydrogens (tertiary/aromatic N) is 1. The van der Waals surface area contributed by atoms with Crippen LogP contribution in [0.4, 0.5) is 11.8 Å². The summed E-state index contributed by atoms with van der Waals surface area (Å²) in [6, 6.07) is 5.90. The van der Waals surface area contributed by atoms with E-state index in [1.807, 2.05) is 0 Å². The number of H-pyrrole nitrogens is 1. The maximum Gasteiger partial charge on any atom is 0.328 e. The van der Waals surface area contributed by atoms with Crippen molar-refractivity contribution < 1.29 is 23.9 Å². The predicted octanol–water partition coefficient (Wildman–Crippen LogP) is 1.82. The van der Waals surface area contributed by atoms with Gasteiger partial charge in [-0.1, -0.05) is 0 Å². The molecule has 0 aliphatic carbocycles. The summed E-state index contributed by atoms with van der Waals surface area (Å²) in [7, 11) is 0. The molecule has 0 bridgehead atoms. The highest BCUT2D eigenvalue weighted by atomic mass is 32.2. The highest BCUT2D eigenvalue weighted by molar-refractivity contribution is 8.03. The van der Waals surface area contributed by atoms with Gasteiger partial charge in [-0.25, -0.2) is 4.79 Å². The molecule has 1 heterocycles. The van der Waals surface area contributed by atoms with E-state index < -0.39 is 23.9 Å². The van der Waals surface area contributed by atoms with Gasteiger partial charge in [0.1, 0.15) is 16.8 Å². The number of ether oxygens (including phenoxy) is 2. The van der Waals surface area contributed by atoms with Gasteiger partial charge in [0.2, 0.25) is 5.95 Å². The minimum atomic E-state index is -0.962. The third kappa shape index (κ3) is 9.17. The van der Waals surface area contributed by atoms with Gasteiger partial charge in [0.25, 0.3) is 11.5 Å². The standard InChI is InChI=1S/C22H29N5O6S2/c1-3-32-16(28)10-9-15(21(31)33-4-2)25-19(29)13-5-7-14(8-6-13)34-11-12-35-17-18(23)26-22(24)27-20(17)30/h5-8,15H,3-4,9-12H2,1-2H3,(H,25,29)(H5,23,24,26,27,30)/t15-/m0/s1. The number of hydrogen-bond donors (Lipinski definition) is 4. The van der Waals surface area contributed by atoms with Crippen molar-refractivity contribution in [2.45, 2.75) is 42.5 Å². The van der Waals surface area contributed by atoms with Crippen LogP contribution in [0, 0.1) is 0 Å². The second kappa shape index (κ2) is 14.3. The summed E-state index contributed by atoms with van der Waals surface area (Å²) in [6.45, 7) is 3.75. The molecule has 1 atom stereocenters. The van der Waals surface area contributed by atoms with E-state index in [4.69, 9.17) is 20.9 Å². The molecule has 190 valence electrons. The van der Waals surface area contributed by atoms with E-state index in [0.717, 1.165) is 4.90 Å². The van der Waals surface area contributed by atoms with Crippen molar-refractivity contribution in [2.75, 3.05) is 36.2 Å². The van der Waals surface area contributed by atoms with Crippen LogP contribution in [-0.4, -0.2) is 58.6 Å². The number of rotatable bonds is 13. The van der Waals surface area contributed by atoms with Gasteiger partial charge in [-0.2, -0.15) is 4.98 Å². The average Bonchev–Trinajstić information content (AvgIpc) is 2.81. The van der Waals surface area contributed by atoms with Crippen molar-refractivity contribution in [3.63, 3.8) is 0 Å². The Morgan fingerprint density at radius 1 is 1.06 bits per heavy atom. The van der Waals surface area contributed by atoms with Crippen molar-refractivity contribution in [3.05, 3.63) is 40.2 Å². The first-order valence-corrected chi connectivity index (χ1v) is 12.9. The second-order valence-corrected chi connectivity index (χ2v) is 9.28. The van der Waals surface area contributed by atoms with Gasteiger partial charge in [-0.15, -0.1) is 23.5 Å². The van der Waals surface area contributed by atoms with Gasteiger partial charge in [-0.05, 0) is 44.5 Å². The number of aromatic nitrogens is 2. The van der Waals surface area contributed by atoms with Crippen LogP contribution in [0.25, 0.3) is 0 Å². The molecule has 0 fully saturated rings. The molecular weight excluding hydrogens is 494 g/mol. The molecule has 1 aromatic heterocycles. The van der Waals surface area contributed by atoms with Crippen LogP contribution in [-0.2, 0) is 19.1 Å². The first-order valence-electron chi connectivity index (χ1n) is 10.9. The fourth-order valence-corrected chi connectivity index (χ4v) is 4.68. The molecule has 0 aliphatic heterocycles. The molecule has 6 N–H and O–H groups in total. The minimum absolute atomic E-state index is 0.0187. The van der Waals surface area contributed by atoms with Gasteiger partial charge < -0.3 is 26.3 Å². The molecular formula is C22H29N5O6S2. The van der Waals surface area contributed by atoms with Gasteiger partial charge in [0, 0.05) is 28.4 Å². The number of nitrogen functional groups attached to an aromatic ring is 2. The number of carbonyl (C=O) groups is 3. The molecule has 35 heavy (non-hydrogen) atoms. The summed E-state index contributed by atoms with van der Waals surface area (Å²) in [5.41, 5.74) is 11.2. The van der Waals surface area contributed by atoms with E-state index in [2.05, 4.69) is 15.3 Å². The molecule has 0 saturated heterocycles. The van der Waals surface area contributed by atoms with Crippen molar-refractivity contribution in [2.24, 2.45) is 0 Å². The molecule has 11 nitrogen and oxygen atoms in total. The Morgan fingerprint density at radius 2 is 1.71 bits per heavy atom. The number of esters is 2. The molecule has 1 aromatic carbocycles. The van der Waals surface area contributed by atoms with Gasteiger partial charge >= 0.3 is 11.9 Å². The number of aromatic amines is 1. The topological polar surface area (TPSA) is 179 Å². The molecule has 0 saturated carbocycles. The molecule has 2 aromatic rings. The zero-order valence-electron chi connectivity index (χ0n) is 19.5. The Bertz CT molecular complexity index is 1080. The Labute approximate surface area is 211 Å². The number of anilines is 2. The summed E-state index contributed by atoms with van der Waals surface area (Å²) in [4.78, 5) is 55.9. The maximum absolute atomic E-state index is 12.6. The van der Waals surface area contributed by atoms with Gasteiger partial charge in [0.15, 0.2) is 0 Å². The number of nitrogens with one attached hydrogen (secondary N) is 2. The molecule has 13 heteroatoms. The van der Waals surface area contributed by atoms with Crippen LogP contribution in [0.3, 0.4) is 0 Å². The first kappa shape index (κ1) is 28.1. The van der Waals surface area contributed by atoms with Gasteiger partial charge in [0.05, 0.1) is 13.2 Å². The summed E-state index contributed by atoms with van der Waals surface area (Å²) in [6.07, 6.45) is 0.0566. The van der Waals surface area contributed by atoms with E-state index in [9.17, 15) is 19.2 Å². The highest BCUT2D eigenvalue weighted by Crippen LogP contribution is 2.24. The lowest BCUT2D eigenvalue weighted by molar-refractivity contribution is -0.146. The second-order valence-electron chi connectivity index (χ2n) is 7.01. The van der Waals surface area contributed by atoms with E-state index in [0.29, 0.717) is 22.0 Å². The lowest BCUT2D eigenvalue weighted by Gasteiger charge is -2.17. The summed E-state index contributed by atoms with van der Waals surface area (Å²) < 4.78 is 9.89. The normalized spacial score (nSPS) is 11.5. The fourth-order valence-electron chi connectivity index (χ4n) is 2.87. The van der Waals surface area contributed by atoms with E-state index in [1.165, 1.54) is 11.8 Å². The SMILES string of the molecule is CCOC(=O)CC[C@H](NC(=O)c1ccc(SCCSc2c(N)nc(N)[nH]c2=O)cc1)C(=O)OCC. The van der Waals surface area contributed by atoms with Crippen LogP contribution in [0.2, 0.25) is 0 Å². The zero-order chi connectivity index (χ0) is 25.8. The largest absolute Gasteiger partial charge is 0.466 e. The van der Waals surface area contributed by atoms with Crippen molar-refractivity contribution in [1.29, 1.82) is 0 Å². The van der Waals surface area contributed by atoms with Crippen LogP contribution in [0.5, 0.6) is 0 Å². The molecule has 0 spiro atoms. The lowest BCUT2D eigenvalue weighted by Crippen LogP contribution is -2.42. The minimum Gasteiger partial charge on any atom is -0.466 e. The molecule has 2 rings (SSSR count). The van der Waals surface area contributed by atoms with Crippen LogP contribution >= 0.6 is 23.5 Å². The Kier molecular flexibility index (Phi) is 11.4. The average molecular weight is 524 g/mol. The number of thioether (sulfide) groups is 2. The van der Waals surface area contributed by atoms with Gasteiger partial charge in [-0.3, -0.25) is 19.4 Å². The Hall–Kier alpha value is -3.19. The quantitative estimate of drug-likeness (QED) is 0.171. The monoisotopic (exact) mass is 523 g/mol. The molecule has 0 radical (unpaired) electrons. The van der Waals surface area contributed by atoms with Crippen molar-refractivity contribution >= 4 is 53.1 Å². The smallest absolute Gasteiger partial charge is 0.328 e. The third-order valence-electron chi connectivity index (χ3n) is 4.46. The Balaban J connectivity index is 1.89. The lowest BCUT2D eigenvalue weighted by atomic mass is 10.1. The van der Waals surface area contributed by atoms with E-state index in [1.54, 1.807) is 49.9 Å². The van der Waals surface area contributed by atoms with Crippen molar-refractivity contribution in [3.8, 4) is 0 Å². The summed E-state index contributed by atoms with van der Waals surface area (Å²) >= 11 is 2.82. The number of benzene rings is 1. The number of amides is 1. The van der Waals surface area contributed by atoms with E-state index >= 15 is 0 Å². The zero-order valence-corrected chi connectivity index (χ0v) is 21.1. The number of hydrogen-bond acceptors (Lipinski definition) is 11. The van der Waals surface area contributed by atoms with Crippen molar-refractivity contribution in [1.82, 2.24) is 15.3 Å². The Morgan fingerprint density at radius 3 is 2.34 bits per heavy atom. The fraction of sp³-hybridized carbons (Fsp3) is 0.409. The summed E-state index contributed by atoms with van der Waals surface area (Å²) in [5.74, 6) is -0.153. The maximum atomic E-state index is 12.6. The molecule has 0 aliphatic rings. The first-order chi connectivity index (χ1) is 16.7. The van der Waals surface area contributed by atoms with Crippen LogP contribution < -0.4 is 22.3 Å². The number of nitrogens with two attached hydrogens (primary N) is 2. The van der Waals surface area contributed by atoms with Crippen LogP contribution in [0.1, 0.15) is 37.0 Å². The third-order valence-corrected chi connectivity index (χ3v) is 6.82.